The number of nitrogens with zero attached hydrogens (tertiary/aromatic N) is 1. The molecule has 30 heavy (non-hydrogen) atoms. The third-order valence-electron chi connectivity index (χ3n) is 3.92. The summed E-state index contributed by atoms with van der Waals surface area (Å²) in [5.41, 5.74) is 0. The van der Waals surface area contributed by atoms with Crippen molar-refractivity contribution in [3.05, 3.63) is 0 Å². The topological polar surface area (TPSA) is 166 Å². The van der Waals surface area contributed by atoms with Crippen LogP contribution < -0.4 is 0 Å². The van der Waals surface area contributed by atoms with Crippen molar-refractivity contribution < 1.29 is 52.3 Å². The predicted molar refractivity (Wildman–Crippen MR) is 108 cm³/mol. The normalized spacial score (nSPS) is 11.9. The highest BCUT2D eigenvalue weighted by molar-refractivity contribution is 7.79. The molecule has 12 heteroatoms. The molecule has 184 valence electrons. The van der Waals surface area contributed by atoms with Crippen molar-refractivity contribution in [1.82, 2.24) is 0 Å². The van der Waals surface area contributed by atoms with Gasteiger partial charge in [0, 0.05) is 6.42 Å². The molecule has 0 aliphatic heterocycles. The van der Waals surface area contributed by atoms with Crippen molar-refractivity contribution in [1.29, 1.82) is 0 Å². The van der Waals surface area contributed by atoms with E-state index in [9.17, 15) is 0 Å². The predicted octanol–water partition coefficient (Wildman–Crippen LogP) is 1.50. The first kappa shape index (κ1) is 31.8. The number of hydrogen-bond acceptors (Lipinski definition) is 9. The van der Waals surface area contributed by atoms with Gasteiger partial charge in [-0.05, 0) is 6.42 Å². The van der Waals surface area contributed by atoms with E-state index in [1.165, 1.54) is 44.9 Å². The Labute approximate surface area is 180 Å². The number of hydroxylamine groups is 3. The number of aliphatic hydroxyl groups is 3. The van der Waals surface area contributed by atoms with Gasteiger partial charge in [0.25, 0.3) is 0 Å². The Morgan fingerprint density at radius 1 is 0.700 bits per heavy atom. The molecule has 0 aliphatic carbocycles. The van der Waals surface area contributed by atoms with Crippen LogP contribution in [0.15, 0.2) is 0 Å². The van der Waals surface area contributed by atoms with Gasteiger partial charge in [0.1, 0.15) is 19.8 Å². The maximum absolute atomic E-state index is 8.98. The number of aliphatic hydroxyl groups excluding tert-OH is 3. The summed E-state index contributed by atoms with van der Waals surface area (Å²) in [6.45, 7) is 2.43. The van der Waals surface area contributed by atoms with Crippen LogP contribution in [0.2, 0.25) is 0 Å². The highest BCUT2D eigenvalue weighted by Gasteiger charge is 2.34. The average molecular weight is 464 g/mol. The van der Waals surface area contributed by atoms with Crippen LogP contribution in [0.1, 0.15) is 71.1 Å². The van der Waals surface area contributed by atoms with E-state index in [1.807, 2.05) is 0 Å². The summed E-state index contributed by atoms with van der Waals surface area (Å²) in [6.07, 6.45) is 12.2. The Morgan fingerprint density at radius 2 is 1.00 bits per heavy atom. The lowest BCUT2D eigenvalue weighted by Crippen LogP contribution is -2.50. The number of rotatable bonds is 20. The van der Waals surface area contributed by atoms with E-state index in [2.05, 4.69) is 6.92 Å². The van der Waals surface area contributed by atoms with E-state index in [1.54, 1.807) is 0 Å². The molecule has 0 atom stereocenters. The molecule has 0 amide bonds. The minimum atomic E-state index is -4.92. The Kier molecular flexibility index (Phi) is 23.1. The minimum Gasteiger partial charge on any atom is -0.726 e. The fraction of sp³-hybridized carbons (Fsp3) is 1.00. The molecule has 0 saturated heterocycles. The lowest BCUT2D eigenvalue weighted by atomic mass is 10.1. The average Bonchev–Trinajstić information content (AvgIpc) is 2.69. The highest BCUT2D eigenvalue weighted by atomic mass is 32.3. The first-order valence-corrected chi connectivity index (χ1v) is 11.9. The summed E-state index contributed by atoms with van der Waals surface area (Å²) >= 11 is 0. The quantitative estimate of drug-likeness (QED) is 0.0683. The number of unbranched alkanes of at least 4 members (excludes halogenated alkanes) is 9. The number of quaternary nitrogens is 1. The maximum Gasteiger partial charge on any atom is 0.215 e. The Bertz CT molecular complexity index is 420. The molecule has 0 unspecified atom stereocenters. The SMILES string of the molecule is CCCCCCCCCCCC[N+](OCCO)(OCCO)OCCO.O=S(=O)([O-])O. The van der Waals surface area contributed by atoms with E-state index in [4.69, 9.17) is 47.4 Å². The smallest absolute Gasteiger partial charge is 0.215 e. The summed E-state index contributed by atoms with van der Waals surface area (Å²) < 4.78 is 32.8. The van der Waals surface area contributed by atoms with Gasteiger partial charge >= 0.3 is 0 Å². The van der Waals surface area contributed by atoms with Crippen molar-refractivity contribution in [3.8, 4) is 0 Å². The molecule has 0 aromatic carbocycles. The molecule has 0 aromatic heterocycles. The monoisotopic (exact) mass is 463 g/mol. The second kappa shape index (κ2) is 21.8. The van der Waals surface area contributed by atoms with Gasteiger partial charge in [0.2, 0.25) is 10.4 Å². The Morgan fingerprint density at radius 3 is 1.30 bits per heavy atom. The minimum absolute atomic E-state index is 0.0641. The lowest BCUT2D eigenvalue weighted by Gasteiger charge is -2.29. The molecular formula is C18H41NO10S. The van der Waals surface area contributed by atoms with Gasteiger partial charge in [-0.2, -0.15) is 0 Å². The van der Waals surface area contributed by atoms with E-state index < -0.39 is 15.4 Å². The summed E-state index contributed by atoms with van der Waals surface area (Å²) in [5.74, 6) is 0. The standard InChI is InChI=1S/C18H40NO6.H2O4S/c1-2-3-4-5-6-7-8-9-10-11-12-19(23-16-13-20,24-17-14-21)25-18-15-22;1-5(2,3)4/h20-22H,2-18H2,1H3;(H2,1,2,3,4)/q+1;/p-1. The Balaban J connectivity index is 0. The molecule has 4 N–H and O–H groups in total. The summed E-state index contributed by atoms with van der Waals surface area (Å²) in [7, 11) is -4.92. The van der Waals surface area contributed by atoms with Crippen LogP contribution in [-0.2, 0) is 24.9 Å². The third kappa shape index (κ3) is 25.6. The zero-order chi connectivity index (χ0) is 23.1. The second-order valence-corrected chi connectivity index (χ2v) is 7.47. The zero-order valence-electron chi connectivity index (χ0n) is 18.1. The summed E-state index contributed by atoms with van der Waals surface area (Å²) in [6, 6.07) is 0. The van der Waals surface area contributed by atoms with Crippen LogP contribution >= 0.6 is 0 Å². The van der Waals surface area contributed by atoms with Crippen LogP contribution in [-0.4, -0.2) is 84.0 Å². The van der Waals surface area contributed by atoms with E-state index in [-0.39, 0.29) is 39.6 Å². The fourth-order valence-corrected chi connectivity index (χ4v) is 2.64. The molecule has 0 saturated carbocycles. The lowest BCUT2D eigenvalue weighted by molar-refractivity contribution is -1.37. The summed E-state index contributed by atoms with van der Waals surface area (Å²) in [4.78, 5) is 15.9. The van der Waals surface area contributed by atoms with Crippen molar-refractivity contribution in [2.75, 3.05) is 46.2 Å². The van der Waals surface area contributed by atoms with Crippen molar-refractivity contribution in [3.63, 3.8) is 0 Å². The van der Waals surface area contributed by atoms with Gasteiger partial charge in [0.15, 0.2) is 6.54 Å². The fourth-order valence-electron chi connectivity index (χ4n) is 2.64. The van der Waals surface area contributed by atoms with Crippen LogP contribution in [0.5, 0.6) is 0 Å². The van der Waals surface area contributed by atoms with Crippen molar-refractivity contribution in [2.45, 2.75) is 71.1 Å². The molecule has 0 heterocycles. The first-order valence-electron chi connectivity index (χ1n) is 10.6. The molecule has 0 rings (SSSR count). The van der Waals surface area contributed by atoms with Gasteiger partial charge < -0.3 is 19.9 Å². The molecule has 0 fully saturated rings. The first-order chi connectivity index (χ1) is 14.2. The van der Waals surface area contributed by atoms with Crippen molar-refractivity contribution in [2.24, 2.45) is 0 Å². The van der Waals surface area contributed by atoms with Crippen LogP contribution in [0.25, 0.3) is 0 Å². The van der Waals surface area contributed by atoms with E-state index in [0.717, 1.165) is 19.3 Å². The third-order valence-corrected chi connectivity index (χ3v) is 3.92. The zero-order valence-corrected chi connectivity index (χ0v) is 18.9. The molecule has 0 aromatic rings. The van der Waals surface area contributed by atoms with Gasteiger partial charge in [0.05, 0.1) is 24.8 Å². The van der Waals surface area contributed by atoms with Crippen LogP contribution in [0, 0.1) is 0 Å². The van der Waals surface area contributed by atoms with Crippen molar-refractivity contribution >= 4 is 10.4 Å². The maximum atomic E-state index is 8.98. The molecule has 11 nitrogen and oxygen atoms in total. The molecule has 0 spiro atoms. The van der Waals surface area contributed by atoms with Gasteiger partial charge in [-0.1, -0.05) is 58.3 Å². The summed E-state index contributed by atoms with van der Waals surface area (Å²) in [5, 5.41) is 26.9. The molecular weight excluding hydrogens is 422 g/mol. The molecule has 0 aliphatic rings. The number of hydrogen-bond donors (Lipinski definition) is 4. The largest absolute Gasteiger partial charge is 0.726 e. The van der Waals surface area contributed by atoms with Gasteiger partial charge in [-0.25, -0.2) is 8.42 Å². The van der Waals surface area contributed by atoms with Crippen LogP contribution in [0.4, 0.5) is 0 Å². The molecule has 0 radical (unpaired) electrons. The van der Waals surface area contributed by atoms with E-state index in [0.29, 0.717) is 6.54 Å². The highest BCUT2D eigenvalue weighted by Crippen LogP contribution is 2.16. The molecule has 0 bridgehead atoms. The van der Waals surface area contributed by atoms with Gasteiger partial charge in [-0.15, -0.1) is 14.5 Å². The second-order valence-electron chi connectivity index (χ2n) is 6.61. The Hall–Kier alpha value is -0.410. The van der Waals surface area contributed by atoms with E-state index >= 15 is 0 Å². The van der Waals surface area contributed by atoms with Crippen LogP contribution in [0.3, 0.4) is 0 Å². The van der Waals surface area contributed by atoms with Gasteiger partial charge in [-0.3, -0.25) is 4.55 Å².